The number of anilines is 1. The summed E-state index contributed by atoms with van der Waals surface area (Å²) in [6.07, 6.45) is 2.93. The van der Waals surface area contributed by atoms with Gasteiger partial charge in [0.25, 0.3) is 5.91 Å². The Labute approximate surface area is 186 Å². The maximum atomic E-state index is 12.5. The molecule has 0 aliphatic heterocycles. The molecule has 0 aliphatic carbocycles. The molecule has 0 heterocycles. The minimum Gasteiger partial charge on any atom is -0.493 e. The zero-order valence-corrected chi connectivity index (χ0v) is 18.7. The van der Waals surface area contributed by atoms with Gasteiger partial charge in [-0.15, -0.1) is 0 Å². The van der Waals surface area contributed by atoms with Crippen LogP contribution in [0.2, 0.25) is 0 Å². The third-order valence-electron chi connectivity index (χ3n) is 4.56. The molecule has 0 spiro atoms. The number of halogens is 1. The van der Waals surface area contributed by atoms with Gasteiger partial charge in [-0.2, -0.15) is 0 Å². The predicted octanol–water partition coefficient (Wildman–Crippen LogP) is 6.50. The molecule has 0 unspecified atom stereocenters. The van der Waals surface area contributed by atoms with Gasteiger partial charge in [-0.05, 0) is 70.4 Å². The SMILES string of the molecule is CCCCOc1ccc(C(=O)Nc2ccc(OCCc3ccccc3)cc2)cc1Br. The van der Waals surface area contributed by atoms with Crippen molar-refractivity contribution in [3.05, 3.63) is 88.4 Å². The lowest BCUT2D eigenvalue weighted by Gasteiger charge is -2.11. The summed E-state index contributed by atoms with van der Waals surface area (Å²) in [5, 5.41) is 2.91. The van der Waals surface area contributed by atoms with E-state index in [9.17, 15) is 4.79 Å². The van der Waals surface area contributed by atoms with Crippen LogP contribution in [0.4, 0.5) is 5.69 Å². The highest BCUT2D eigenvalue weighted by Crippen LogP contribution is 2.27. The van der Waals surface area contributed by atoms with E-state index in [2.05, 4.69) is 40.3 Å². The van der Waals surface area contributed by atoms with Gasteiger partial charge in [-0.3, -0.25) is 4.79 Å². The summed E-state index contributed by atoms with van der Waals surface area (Å²) >= 11 is 3.48. The molecule has 1 N–H and O–H groups in total. The summed E-state index contributed by atoms with van der Waals surface area (Å²) in [5.41, 5.74) is 2.53. The summed E-state index contributed by atoms with van der Waals surface area (Å²) < 4.78 is 12.3. The molecule has 5 heteroatoms. The topological polar surface area (TPSA) is 47.6 Å². The van der Waals surface area contributed by atoms with Crippen LogP contribution in [0.3, 0.4) is 0 Å². The predicted molar refractivity (Wildman–Crippen MR) is 125 cm³/mol. The van der Waals surface area contributed by atoms with Gasteiger partial charge in [0.1, 0.15) is 11.5 Å². The number of rotatable bonds is 10. The van der Waals surface area contributed by atoms with Gasteiger partial charge in [-0.25, -0.2) is 0 Å². The third kappa shape index (κ3) is 6.63. The standard InChI is InChI=1S/C25H26BrNO3/c1-2-3-16-30-24-14-9-20(18-23(24)26)25(28)27-21-10-12-22(13-11-21)29-17-15-19-7-5-4-6-8-19/h4-14,18H,2-3,15-17H2,1H3,(H,27,28). The molecule has 0 bridgehead atoms. The normalized spacial score (nSPS) is 10.5. The highest BCUT2D eigenvalue weighted by Gasteiger charge is 2.10. The van der Waals surface area contributed by atoms with Crippen molar-refractivity contribution < 1.29 is 14.3 Å². The van der Waals surface area contributed by atoms with Crippen molar-refractivity contribution in [2.45, 2.75) is 26.2 Å². The van der Waals surface area contributed by atoms with Gasteiger partial charge < -0.3 is 14.8 Å². The molecule has 3 aromatic carbocycles. The fourth-order valence-corrected chi connectivity index (χ4v) is 3.35. The molecule has 3 aromatic rings. The van der Waals surface area contributed by atoms with Crippen molar-refractivity contribution in [1.82, 2.24) is 0 Å². The van der Waals surface area contributed by atoms with Crippen molar-refractivity contribution in [2.24, 2.45) is 0 Å². The van der Waals surface area contributed by atoms with Crippen molar-refractivity contribution in [2.75, 3.05) is 18.5 Å². The molecular formula is C25H26BrNO3. The molecule has 0 radical (unpaired) electrons. The Hall–Kier alpha value is -2.79. The summed E-state index contributed by atoms with van der Waals surface area (Å²) in [4.78, 5) is 12.5. The molecular weight excluding hydrogens is 442 g/mol. The summed E-state index contributed by atoms with van der Waals surface area (Å²) in [7, 11) is 0. The van der Waals surface area contributed by atoms with E-state index in [0.29, 0.717) is 18.8 Å². The van der Waals surface area contributed by atoms with Gasteiger partial charge >= 0.3 is 0 Å². The minimum atomic E-state index is -0.173. The number of benzene rings is 3. The Kier molecular flexibility index (Phi) is 8.33. The van der Waals surface area contributed by atoms with Gasteiger partial charge in [0.05, 0.1) is 17.7 Å². The third-order valence-corrected chi connectivity index (χ3v) is 5.18. The van der Waals surface area contributed by atoms with E-state index in [-0.39, 0.29) is 5.91 Å². The lowest BCUT2D eigenvalue weighted by atomic mass is 10.2. The summed E-state index contributed by atoms with van der Waals surface area (Å²) in [6.45, 7) is 3.39. The van der Waals surface area contributed by atoms with Crippen LogP contribution in [0.15, 0.2) is 77.3 Å². The molecule has 1 amide bonds. The first kappa shape index (κ1) is 21.9. The van der Waals surface area contributed by atoms with E-state index in [4.69, 9.17) is 9.47 Å². The van der Waals surface area contributed by atoms with E-state index in [1.165, 1.54) is 5.56 Å². The summed E-state index contributed by atoms with van der Waals surface area (Å²) in [5.74, 6) is 1.35. The second kappa shape index (κ2) is 11.4. The number of ether oxygens (including phenoxy) is 2. The van der Waals surface area contributed by atoms with E-state index >= 15 is 0 Å². The van der Waals surface area contributed by atoms with Crippen LogP contribution in [0.25, 0.3) is 0 Å². The minimum absolute atomic E-state index is 0.173. The number of hydrogen-bond donors (Lipinski definition) is 1. The molecule has 156 valence electrons. The number of amides is 1. The number of nitrogens with one attached hydrogen (secondary N) is 1. The Morgan fingerprint density at radius 1 is 0.933 bits per heavy atom. The van der Waals surface area contributed by atoms with Crippen LogP contribution in [-0.2, 0) is 6.42 Å². The molecule has 3 rings (SSSR count). The van der Waals surface area contributed by atoms with Crippen molar-refractivity contribution in [3.63, 3.8) is 0 Å². The second-order valence-electron chi connectivity index (χ2n) is 6.91. The van der Waals surface area contributed by atoms with Crippen molar-refractivity contribution >= 4 is 27.5 Å². The zero-order chi connectivity index (χ0) is 21.2. The van der Waals surface area contributed by atoms with E-state index in [0.717, 1.165) is 40.9 Å². The van der Waals surface area contributed by atoms with Gasteiger partial charge in [0.2, 0.25) is 0 Å². The molecule has 0 saturated carbocycles. The van der Waals surface area contributed by atoms with Crippen LogP contribution < -0.4 is 14.8 Å². The van der Waals surface area contributed by atoms with Crippen molar-refractivity contribution in [1.29, 1.82) is 0 Å². The number of hydrogen-bond acceptors (Lipinski definition) is 3. The van der Waals surface area contributed by atoms with Crippen LogP contribution in [-0.4, -0.2) is 19.1 Å². The van der Waals surface area contributed by atoms with Crippen LogP contribution in [0, 0.1) is 0 Å². The van der Waals surface area contributed by atoms with E-state index in [1.807, 2.05) is 48.5 Å². The van der Waals surface area contributed by atoms with Gasteiger partial charge in [0.15, 0.2) is 0 Å². The average Bonchev–Trinajstić information content (AvgIpc) is 2.77. The molecule has 0 fully saturated rings. The van der Waals surface area contributed by atoms with E-state index < -0.39 is 0 Å². The lowest BCUT2D eigenvalue weighted by Crippen LogP contribution is -2.12. The van der Waals surface area contributed by atoms with Gasteiger partial charge in [-0.1, -0.05) is 43.7 Å². The smallest absolute Gasteiger partial charge is 0.255 e. The molecule has 0 saturated heterocycles. The Balaban J connectivity index is 1.51. The van der Waals surface area contributed by atoms with Crippen LogP contribution in [0.1, 0.15) is 35.7 Å². The van der Waals surface area contributed by atoms with Crippen LogP contribution in [0.5, 0.6) is 11.5 Å². The fraction of sp³-hybridized carbons (Fsp3) is 0.240. The largest absolute Gasteiger partial charge is 0.493 e. The lowest BCUT2D eigenvalue weighted by molar-refractivity contribution is 0.102. The zero-order valence-electron chi connectivity index (χ0n) is 17.1. The first-order chi connectivity index (χ1) is 14.7. The number of carbonyl (C=O) groups excluding carboxylic acids is 1. The quantitative estimate of drug-likeness (QED) is 0.346. The number of carbonyl (C=O) groups is 1. The Morgan fingerprint density at radius 3 is 2.40 bits per heavy atom. The van der Waals surface area contributed by atoms with E-state index in [1.54, 1.807) is 12.1 Å². The maximum absolute atomic E-state index is 12.5. The first-order valence-electron chi connectivity index (χ1n) is 10.2. The molecule has 4 nitrogen and oxygen atoms in total. The van der Waals surface area contributed by atoms with Crippen LogP contribution >= 0.6 is 15.9 Å². The second-order valence-corrected chi connectivity index (χ2v) is 7.76. The molecule has 30 heavy (non-hydrogen) atoms. The monoisotopic (exact) mass is 467 g/mol. The maximum Gasteiger partial charge on any atom is 0.255 e. The highest BCUT2D eigenvalue weighted by atomic mass is 79.9. The molecule has 0 aliphatic rings. The molecule has 0 aromatic heterocycles. The average molecular weight is 468 g/mol. The Bertz CT molecular complexity index is 942. The molecule has 0 atom stereocenters. The fourth-order valence-electron chi connectivity index (χ4n) is 2.85. The first-order valence-corrected chi connectivity index (χ1v) is 11.0. The Morgan fingerprint density at radius 2 is 1.70 bits per heavy atom. The van der Waals surface area contributed by atoms with Crippen molar-refractivity contribution in [3.8, 4) is 11.5 Å². The number of unbranched alkanes of at least 4 members (excludes halogenated alkanes) is 1. The van der Waals surface area contributed by atoms with Gasteiger partial charge in [0, 0.05) is 17.7 Å². The summed E-state index contributed by atoms with van der Waals surface area (Å²) in [6, 6.07) is 23.0. The highest BCUT2D eigenvalue weighted by molar-refractivity contribution is 9.10.